The van der Waals surface area contributed by atoms with Crippen molar-refractivity contribution in [2.75, 3.05) is 5.75 Å². The zero-order valence-electron chi connectivity index (χ0n) is 27.5. The van der Waals surface area contributed by atoms with Gasteiger partial charge in [-0.15, -0.1) is 11.3 Å². The molecule has 2 N–H and O–H groups in total. The lowest BCUT2D eigenvalue weighted by Gasteiger charge is -2.36. The van der Waals surface area contributed by atoms with Gasteiger partial charge in [0.05, 0.1) is 46.3 Å². The number of thiazole rings is 1. The summed E-state index contributed by atoms with van der Waals surface area (Å²) in [6, 6.07) is 40.0. The number of para-hydroxylation sites is 3. The maximum Gasteiger partial charge on any atom is 0.271 e. The van der Waals surface area contributed by atoms with Crippen LogP contribution in [0.25, 0.3) is 32.4 Å². The Morgan fingerprint density at radius 1 is 0.784 bits per heavy atom. The molecule has 2 aromatic heterocycles. The topological polar surface area (TPSA) is 106 Å². The molecule has 0 aliphatic carbocycles. The monoisotopic (exact) mass is 710 g/mol. The van der Waals surface area contributed by atoms with E-state index in [1.54, 1.807) is 23.1 Å². The van der Waals surface area contributed by atoms with Crippen LogP contribution in [0.3, 0.4) is 0 Å². The van der Waals surface area contributed by atoms with Gasteiger partial charge in [-0.2, -0.15) is 0 Å². The Labute approximate surface area is 303 Å². The van der Waals surface area contributed by atoms with Crippen LogP contribution in [0.4, 0.5) is 0 Å². The molecule has 1 amide bonds. The first-order valence-electron chi connectivity index (χ1n) is 16.8. The van der Waals surface area contributed by atoms with Crippen LogP contribution in [-0.2, 0) is 22.6 Å². The molecule has 3 atom stereocenters. The molecule has 0 bridgehead atoms. The number of carbonyl (C=O) groups excluding carboxylic acids is 1. The largest absolute Gasteiger partial charge is 0.392 e. The smallest absolute Gasteiger partial charge is 0.271 e. The number of carbonyl (C=O) groups is 1. The van der Waals surface area contributed by atoms with Crippen LogP contribution < -0.4 is 5.32 Å². The van der Waals surface area contributed by atoms with E-state index in [1.807, 2.05) is 91.0 Å². The molecule has 0 spiro atoms. The summed E-state index contributed by atoms with van der Waals surface area (Å²) in [5.74, 6) is 0.465. The second-order valence-electron chi connectivity index (χ2n) is 12.4. The van der Waals surface area contributed by atoms with Crippen molar-refractivity contribution >= 4 is 50.3 Å². The molecule has 8 nitrogen and oxygen atoms in total. The van der Waals surface area contributed by atoms with Gasteiger partial charge >= 0.3 is 0 Å². The molecule has 0 unspecified atom stereocenters. The van der Waals surface area contributed by atoms with Crippen LogP contribution in [0, 0.1) is 0 Å². The molecular formula is C41H34N4O4S2. The fourth-order valence-corrected chi connectivity index (χ4v) is 8.28. The molecule has 1 fully saturated rings. The molecular weight excluding hydrogens is 677 g/mol. The number of aliphatic hydroxyl groups excluding tert-OH is 1. The van der Waals surface area contributed by atoms with E-state index in [-0.39, 0.29) is 30.4 Å². The van der Waals surface area contributed by atoms with E-state index < -0.39 is 6.29 Å². The Kier molecular flexibility index (Phi) is 9.83. The van der Waals surface area contributed by atoms with Gasteiger partial charge in [-0.05, 0) is 64.2 Å². The van der Waals surface area contributed by atoms with Gasteiger partial charge in [0.1, 0.15) is 5.69 Å². The number of rotatable bonds is 10. The van der Waals surface area contributed by atoms with Crippen molar-refractivity contribution in [3.05, 3.63) is 155 Å². The van der Waals surface area contributed by atoms with Crippen molar-refractivity contribution in [3.63, 3.8) is 0 Å². The van der Waals surface area contributed by atoms with Crippen molar-refractivity contribution < 1.29 is 19.4 Å². The summed E-state index contributed by atoms with van der Waals surface area (Å²) in [7, 11) is 0. The first-order valence-corrected chi connectivity index (χ1v) is 18.6. The van der Waals surface area contributed by atoms with Crippen LogP contribution >= 0.6 is 23.1 Å². The number of thioether (sulfide) groups is 1. The minimum Gasteiger partial charge on any atom is -0.392 e. The van der Waals surface area contributed by atoms with E-state index >= 15 is 0 Å². The third-order valence-corrected chi connectivity index (χ3v) is 11.1. The maximum atomic E-state index is 12.9. The van der Waals surface area contributed by atoms with Crippen LogP contribution in [0.15, 0.2) is 132 Å². The SMILES string of the molecule is O=C(NCc1cccc(-c2cccc([C@H]3O[C@@H](CSc4nc5ccccc5s4)C[C@@H](c4ccc(CO)cc4)O3)c2)c1)c1cnc2ccccc2n1. The van der Waals surface area contributed by atoms with Crippen LogP contribution in [0.2, 0.25) is 0 Å². The lowest BCUT2D eigenvalue weighted by atomic mass is 9.99. The van der Waals surface area contributed by atoms with Gasteiger partial charge in [0, 0.05) is 24.3 Å². The molecule has 1 saturated heterocycles. The lowest BCUT2D eigenvalue weighted by molar-refractivity contribution is -0.245. The number of hydrogen-bond donors (Lipinski definition) is 2. The molecule has 3 heterocycles. The average Bonchev–Trinajstić information content (AvgIpc) is 3.62. The van der Waals surface area contributed by atoms with Gasteiger partial charge in [-0.1, -0.05) is 96.7 Å². The standard InChI is InChI=1S/C41H34N4O4S2/c46-24-26-15-17-28(18-16-26)37-21-32(25-50-41-45-35-13-3-4-14-38(35)51-41)48-40(49-37)31-10-6-9-30(20-31)29-8-5-7-27(19-29)22-43-39(47)36-23-42-33-11-1-2-12-34(33)44-36/h1-20,23,32,37,40,46H,21-22,24-25H2,(H,43,47)/t32-,37+,40+/m1/s1. The van der Waals surface area contributed by atoms with E-state index in [0.29, 0.717) is 18.5 Å². The van der Waals surface area contributed by atoms with Gasteiger partial charge in [0.25, 0.3) is 5.91 Å². The molecule has 8 rings (SSSR count). The number of benzene rings is 5. The first-order chi connectivity index (χ1) is 25.1. The number of aliphatic hydroxyl groups is 1. The third kappa shape index (κ3) is 7.70. The van der Waals surface area contributed by atoms with Crippen LogP contribution in [0.1, 0.15) is 51.6 Å². The summed E-state index contributed by atoms with van der Waals surface area (Å²) in [6.45, 7) is 0.346. The van der Waals surface area contributed by atoms with E-state index in [9.17, 15) is 9.90 Å². The van der Waals surface area contributed by atoms with Crippen molar-refractivity contribution in [2.45, 2.75) is 42.4 Å². The zero-order valence-corrected chi connectivity index (χ0v) is 29.1. The highest BCUT2D eigenvalue weighted by Crippen LogP contribution is 2.41. The first kappa shape index (κ1) is 33.2. The molecule has 1 aliphatic rings. The van der Waals surface area contributed by atoms with Crippen LogP contribution in [-0.4, -0.2) is 37.8 Å². The number of nitrogens with zero attached hydrogens (tertiary/aromatic N) is 3. The molecule has 7 aromatic rings. The summed E-state index contributed by atoms with van der Waals surface area (Å²) in [5.41, 5.74) is 8.56. The molecule has 254 valence electrons. The molecule has 1 aliphatic heterocycles. The van der Waals surface area contributed by atoms with Gasteiger partial charge in [-0.3, -0.25) is 9.78 Å². The van der Waals surface area contributed by atoms with Gasteiger partial charge in [-0.25, -0.2) is 9.97 Å². The fourth-order valence-electron chi connectivity index (χ4n) is 6.16. The normalized spacial score (nSPS) is 17.5. The van der Waals surface area contributed by atoms with Crippen molar-refractivity contribution in [1.29, 1.82) is 0 Å². The predicted molar refractivity (Wildman–Crippen MR) is 201 cm³/mol. The number of hydrogen-bond acceptors (Lipinski definition) is 9. The summed E-state index contributed by atoms with van der Waals surface area (Å²) in [4.78, 5) is 26.6. The summed E-state index contributed by atoms with van der Waals surface area (Å²) >= 11 is 3.42. The quantitative estimate of drug-likeness (QED) is 0.136. The highest BCUT2D eigenvalue weighted by molar-refractivity contribution is 8.01. The highest BCUT2D eigenvalue weighted by Gasteiger charge is 2.32. The van der Waals surface area contributed by atoms with E-state index in [1.165, 1.54) is 10.9 Å². The van der Waals surface area contributed by atoms with E-state index in [4.69, 9.17) is 14.5 Å². The Morgan fingerprint density at radius 2 is 1.55 bits per heavy atom. The second kappa shape index (κ2) is 15.1. The number of fused-ring (bicyclic) bond motifs is 2. The third-order valence-electron chi connectivity index (χ3n) is 8.84. The Balaban J connectivity index is 0.990. The molecule has 10 heteroatoms. The van der Waals surface area contributed by atoms with Crippen molar-refractivity contribution in [1.82, 2.24) is 20.3 Å². The van der Waals surface area contributed by atoms with Crippen LogP contribution in [0.5, 0.6) is 0 Å². The van der Waals surface area contributed by atoms with Crippen molar-refractivity contribution in [3.8, 4) is 11.1 Å². The second-order valence-corrected chi connectivity index (χ2v) is 14.7. The average molecular weight is 711 g/mol. The molecule has 0 radical (unpaired) electrons. The summed E-state index contributed by atoms with van der Waals surface area (Å²) in [6.07, 6.45) is 1.37. The number of amides is 1. The van der Waals surface area contributed by atoms with Gasteiger partial charge < -0.3 is 19.9 Å². The number of nitrogens with one attached hydrogen (secondary N) is 1. The van der Waals surface area contributed by atoms with E-state index in [0.717, 1.165) is 54.5 Å². The minimum absolute atomic E-state index is 0.00152. The summed E-state index contributed by atoms with van der Waals surface area (Å²) < 4.78 is 15.5. The Bertz CT molecular complexity index is 2280. The van der Waals surface area contributed by atoms with E-state index in [2.05, 4.69) is 45.6 Å². The lowest BCUT2D eigenvalue weighted by Crippen LogP contribution is -2.31. The molecule has 5 aromatic carbocycles. The van der Waals surface area contributed by atoms with Gasteiger partial charge in [0.2, 0.25) is 0 Å². The summed E-state index contributed by atoms with van der Waals surface area (Å²) in [5, 5.41) is 12.6. The minimum atomic E-state index is -0.576. The molecule has 0 saturated carbocycles. The maximum absolute atomic E-state index is 12.9. The molecule has 51 heavy (non-hydrogen) atoms. The zero-order chi connectivity index (χ0) is 34.6. The number of ether oxygens (including phenoxy) is 2. The van der Waals surface area contributed by atoms with Crippen molar-refractivity contribution in [2.24, 2.45) is 0 Å². The fraction of sp³-hybridized carbons (Fsp3) is 0.171. The Morgan fingerprint density at radius 3 is 2.37 bits per heavy atom. The van der Waals surface area contributed by atoms with Gasteiger partial charge in [0.15, 0.2) is 10.6 Å². The predicted octanol–water partition coefficient (Wildman–Crippen LogP) is 8.67. The highest BCUT2D eigenvalue weighted by atomic mass is 32.2. The number of aromatic nitrogens is 3. The Hall–Kier alpha value is -4.97.